The van der Waals surface area contributed by atoms with Crippen LogP contribution >= 0.6 is 11.6 Å². The highest BCUT2D eigenvalue weighted by atomic mass is 35.5. The van der Waals surface area contributed by atoms with Crippen molar-refractivity contribution in [3.8, 4) is 0 Å². The van der Waals surface area contributed by atoms with Crippen LogP contribution in [0.1, 0.15) is 5.56 Å². The molecule has 0 aliphatic rings. The number of carbonyl (C=O) groups excluding carboxylic acids is 1. The largest absolute Gasteiger partial charge is 0.325 e. The molecular formula is C15H14ClFN2O3S. The molecule has 23 heavy (non-hydrogen) atoms. The summed E-state index contributed by atoms with van der Waals surface area (Å²) >= 11 is 5.60. The lowest BCUT2D eigenvalue weighted by Gasteiger charge is -2.08. The lowest BCUT2D eigenvalue weighted by molar-refractivity contribution is -0.115. The molecular weight excluding hydrogens is 343 g/mol. The van der Waals surface area contributed by atoms with Gasteiger partial charge in [0, 0.05) is 5.69 Å². The van der Waals surface area contributed by atoms with Gasteiger partial charge in [-0.1, -0.05) is 41.9 Å². The first-order valence-corrected chi connectivity index (χ1v) is 8.65. The van der Waals surface area contributed by atoms with E-state index in [1.807, 2.05) is 0 Å². The predicted molar refractivity (Wildman–Crippen MR) is 87.1 cm³/mol. The third-order valence-corrected chi connectivity index (χ3v) is 4.44. The van der Waals surface area contributed by atoms with E-state index in [0.29, 0.717) is 5.56 Å². The van der Waals surface area contributed by atoms with Gasteiger partial charge in [-0.05, 0) is 23.8 Å². The van der Waals surface area contributed by atoms with Gasteiger partial charge in [-0.25, -0.2) is 17.5 Å². The van der Waals surface area contributed by atoms with Crippen LogP contribution in [0, 0.1) is 5.82 Å². The topological polar surface area (TPSA) is 75.3 Å². The zero-order valence-corrected chi connectivity index (χ0v) is 13.5. The highest BCUT2D eigenvalue weighted by Gasteiger charge is 2.13. The van der Waals surface area contributed by atoms with E-state index in [2.05, 4.69) is 10.0 Å². The van der Waals surface area contributed by atoms with Gasteiger partial charge in [0.2, 0.25) is 15.9 Å². The third-order valence-electron chi connectivity index (χ3n) is 2.86. The zero-order chi connectivity index (χ0) is 16.9. The maximum atomic E-state index is 13.0. The summed E-state index contributed by atoms with van der Waals surface area (Å²) in [6.07, 6.45) is 0. The second-order valence-corrected chi connectivity index (χ2v) is 6.96. The minimum absolute atomic E-state index is 0.132. The standard InChI is InChI=1S/C15H14ClFN2O3S/c16-13-8-12(6-7-14(13)17)19-15(20)9-18-23(21,22)10-11-4-2-1-3-5-11/h1-8,18H,9-10H2,(H,19,20). The summed E-state index contributed by atoms with van der Waals surface area (Å²) in [6.45, 7) is -0.426. The van der Waals surface area contributed by atoms with Crippen LogP contribution in [0.4, 0.5) is 10.1 Å². The molecule has 2 rings (SSSR count). The highest BCUT2D eigenvalue weighted by Crippen LogP contribution is 2.19. The SMILES string of the molecule is O=C(CNS(=O)(=O)Cc1ccccc1)Nc1ccc(F)c(Cl)c1. The number of sulfonamides is 1. The molecule has 0 heterocycles. The molecule has 0 saturated heterocycles. The van der Waals surface area contributed by atoms with Crippen LogP contribution in [0.2, 0.25) is 5.02 Å². The minimum Gasteiger partial charge on any atom is -0.325 e. The molecule has 2 aromatic carbocycles. The number of carbonyl (C=O) groups is 1. The molecule has 2 N–H and O–H groups in total. The van der Waals surface area contributed by atoms with Crippen LogP contribution in [0.3, 0.4) is 0 Å². The number of rotatable bonds is 6. The molecule has 8 heteroatoms. The number of anilines is 1. The van der Waals surface area contributed by atoms with Crippen molar-refractivity contribution in [3.05, 3.63) is 64.9 Å². The number of benzene rings is 2. The fraction of sp³-hybridized carbons (Fsp3) is 0.133. The number of hydrogen-bond donors (Lipinski definition) is 2. The molecule has 0 aromatic heterocycles. The van der Waals surface area contributed by atoms with E-state index in [9.17, 15) is 17.6 Å². The summed E-state index contributed by atoms with van der Waals surface area (Å²) in [7, 11) is -3.63. The van der Waals surface area contributed by atoms with E-state index >= 15 is 0 Å². The monoisotopic (exact) mass is 356 g/mol. The molecule has 0 radical (unpaired) electrons. The first-order valence-electron chi connectivity index (χ1n) is 6.62. The highest BCUT2D eigenvalue weighted by molar-refractivity contribution is 7.88. The van der Waals surface area contributed by atoms with Crippen LogP contribution < -0.4 is 10.0 Å². The van der Waals surface area contributed by atoms with Gasteiger partial charge in [0.05, 0.1) is 17.3 Å². The molecule has 122 valence electrons. The van der Waals surface area contributed by atoms with Crippen molar-refractivity contribution in [2.75, 3.05) is 11.9 Å². The van der Waals surface area contributed by atoms with Crippen molar-refractivity contribution in [2.45, 2.75) is 5.75 Å². The molecule has 2 aromatic rings. The number of amides is 1. The van der Waals surface area contributed by atoms with Crippen LogP contribution in [-0.2, 0) is 20.6 Å². The lowest BCUT2D eigenvalue weighted by Crippen LogP contribution is -2.33. The Labute approximate surface area is 138 Å². The Morgan fingerprint density at radius 1 is 1.13 bits per heavy atom. The van der Waals surface area contributed by atoms with Crippen molar-refractivity contribution in [2.24, 2.45) is 0 Å². The average molecular weight is 357 g/mol. The zero-order valence-electron chi connectivity index (χ0n) is 11.9. The summed E-state index contributed by atoms with van der Waals surface area (Å²) in [6, 6.07) is 12.3. The van der Waals surface area contributed by atoms with Crippen molar-refractivity contribution < 1.29 is 17.6 Å². The molecule has 0 aliphatic carbocycles. The first-order chi connectivity index (χ1) is 10.9. The van der Waals surface area contributed by atoms with E-state index < -0.39 is 28.3 Å². The van der Waals surface area contributed by atoms with E-state index in [1.165, 1.54) is 12.1 Å². The second-order valence-electron chi connectivity index (χ2n) is 4.74. The van der Waals surface area contributed by atoms with Crippen molar-refractivity contribution in [1.29, 1.82) is 0 Å². The fourth-order valence-electron chi connectivity index (χ4n) is 1.80. The molecule has 1 amide bonds. The number of hydrogen-bond acceptors (Lipinski definition) is 3. The Balaban J connectivity index is 1.89. The lowest BCUT2D eigenvalue weighted by atomic mass is 10.2. The number of nitrogens with one attached hydrogen (secondary N) is 2. The molecule has 0 aliphatic heterocycles. The van der Waals surface area contributed by atoms with Crippen LogP contribution in [0.25, 0.3) is 0 Å². The van der Waals surface area contributed by atoms with Crippen LogP contribution in [0.15, 0.2) is 48.5 Å². The van der Waals surface area contributed by atoms with Crippen LogP contribution in [0.5, 0.6) is 0 Å². The Hall–Kier alpha value is -1.96. The fourth-order valence-corrected chi connectivity index (χ4v) is 3.06. The van der Waals surface area contributed by atoms with Gasteiger partial charge in [0.15, 0.2) is 0 Å². The summed E-state index contributed by atoms with van der Waals surface area (Å²) in [4.78, 5) is 11.7. The molecule has 0 fully saturated rings. The van der Waals surface area contributed by atoms with E-state index in [4.69, 9.17) is 11.6 Å². The average Bonchev–Trinajstić information content (AvgIpc) is 2.50. The molecule has 0 spiro atoms. The summed E-state index contributed by atoms with van der Waals surface area (Å²) < 4.78 is 39.0. The summed E-state index contributed by atoms with van der Waals surface area (Å²) in [5.41, 5.74) is 0.898. The van der Waals surface area contributed by atoms with Gasteiger partial charge in [-0.15, -0.1) is 0 Å². The van der Waals surface area contributed by atoms with E-state index in [1.54, 1.807) is 30.3 Å². The molecule has 0 bridgehead atoms. The van der Waals surface area contributed by atoms with Crippen LogP contribution in [-0.4, -0.2) is 20.9 Å². The van der Waals surface area contributed by atoms with Gasteiger partial charge in [-0.2, -0.15) is 0 Å². The third kappa shape index (κ3) is 5.63. The molecule has 0 saturated carbocycles. The van der Waals surface area contributed by atoms with E-state index in [-0.39, 0.29) is 16.5 Å². The smallest absolute Gasteiger partial charge is 0.239 e. The Kier molecular flexibility index (Phi) is 5.70. The summed E-state index contributed by atoms with van der Waals surface area (Å²) in [5, 5.41) is 2.30. The first kappa shape index (κ1) is 17.4. The predicted octanol–water partition coefficient (Wildman–Crippen LogP) is 2.54. The maximum absolute atomic E-state index is 13.0. The van der Waals surface area contributed by atoms with Gasteiger partial charge >= 0.3 is 0 Å². The molecule has 5 nitrogen and oxygen atoms in total. The molecule has 0 unspecified atom stereocenters. The van der Waals surface area contributed by atoms with Crippen molar-refractivity contribution >= 4 is 33.2 Å². The van der Waals surface area contributed by atoms with Gasteiger partial charge in [0.25, 0.3) is 0 Å². The summed E-state index contributed by atoms with van der Waals surface area (Å²) in [5.74, 6) is -1.40. The normalized spacial score (nSPS) is 11.2. The quantitative estimate of drug-likeness (QED) is 0.835. The van der Waals surface area contributed by atoms with E-state index in [0.717, 1.165) is 6.07 Å². The Morgan fingerprint density at radius 3 is 2.48 bits per heavy atom. The number of halogens is 2. The minimum atomic E-state index is -3.63. The Bertz CT molecular complexity index is 798. The van der Waals surface area contributed by atoms with Crippen molar-refractivity contribution in [3.63, 3.8) is 0 Å². The van der Waals surface area contributed by atoms with Gasteiger partial charge in [-0.3, -0.25) is 4.79 Å². The Morgan fingerprint density at radius 2 is 1.83 bits per heavy atom. The van der Waals surface area contributed by atoms with Crippen molar-refractivity contribution in [1.82, 2.24) is 4.72 Å². The van der Waals surface area contributed by atoms with Gasteiger partial charge < -0.3 is 5.32 Å². The van der Waals surface area contributed by atoms with Gasteiger partial charge in [0.1, 0.15) is 5.82 Å². The molecule has 0 atom stereocenters. The maximum Gasteiger partial charge on any atom is 0.239 e. The second kappa shape index (κ2) is 7.54.